The molecule has 10 nitrogen and oxygen atoms in total. The highest BCUT2D eigenvalue weighted by Gasteiger charge is 2.54. The Morgan fingerprint density at radius 3 is 2.42 bits per heavy atom. The number of imide groups is 1. The second-order valence-electron chi connectivity index (χ2n) is 14.0. The fraction of sp³-hybridized carbons (Fsp3) is 0.571. The Balaban J connectivity index is 1.60. The lowest BCUT2D eigenvalue weighted by Gasteiger charge is -2.36. The van der Waals surface area contributed by atoms with Crippen molar-refractivity contribution in [2.75, 3.05) is 27.1 Å². The maximum absolute atomic E-state index is 14.9. The number of likely N-dealkylation sites (tertiary alicyclic amines) is 1. The van der Waals surface area contributed by atoms with Crippen molar-refractivity contribution in [3.63, 3.8) is 0 Å². The second-order valence-corrected chi connectivity index (χ2v) is 14.0. The largest absolute Gasteiger partial charge is 0.493 e. The van der Waals surface area contributed by atoms with Crippen LogP contribution in [-0.2, 0) is 20.7 Å². The molecule has 2 fully saturated rings. The molecule has 0 aliphatic carbocycles. The van der Waals surface area contributed by atoms with Crippen molar-refractivity contribution in [2.24, 2.45) is 11.3 Å². The Morgan fingerprint density at radius 1 is 1.02 bits per heavy atom. The summed E-state index contributed by atoms with van der Waals surface area (Å²) >= 11 is 0. The summed E-state index contributed by atoms with van der Waals surface area (Å²) in [6.45, 7) is 12.3. The number of nitrogens with zero attached hydrogens (tertiary/aromatic N) is 2. The van der Waals surface area contributed by atoms with E-state index in [1.165, 1.54) is 4.90 Å². The maximum atomic E-state index is 14.9. The molecule has 2 aromatic carbocycles. The first-order valence-corrected chi connectivity index (χ1v) is 15.8. The van der Waals surface area contributed by atoms with Gasteiger partial charge < -0.3 is 28.6 Å². The van der Waals surface area contributed by atoms with Crippen LogP contribution in [0.1, 0.15) is 77.8 Å². The molecule has 2 saturated heterocycles. The molecule has 0 radical (unpaired) electrons. The molecule has 3 heterocycles. The van der Waals surface area contributed by atoms with Gasteiger partial charge in [-0.2, -0.15) is 0 Å². The van der Waals surface area contributed by atoms with Gasteiger partial charge in [0.1, 0.15) is 12.2 Å². The number of methoxy groups -OCH3 is 1. The zero-order valence-corrected chi connectivity index (χ0v) is 27.5. The highest BCUT2D eigenvalue weighted by atomic mass is 16.7. The van der Waals surface area contributed by atoms with E-state index in [-0.39, 0.29) is 31.3 Å². The number of fused-ring (bicyclic) bond motifs is 1. The van der Waals surface area contributed by atoms with Gasteiger partial charge >= 0.3 is 12.2 Å². The first-order valence-electron chi connectivity index (χ1n) is 15.8. The third-order valence-electron chi connectivity index (χ3n) is 8.86. The Bertz CT molecular complexity index is 1400. The lowest BCUT2D eigenvalue weighted by molar-refractivity contribution is -0.134. The lowest BCUT2D eigenvalue weighted by atomic mass is 9.75. The number of amides is 3. The van der Waals surface area contributed by atoms with E-state index in [1.54, 1.807) is 12.0 Å². The van der Waals surface area contributed by atoms with E-state index in [4.69, 9.17) is 23.7 Å². The third-order valence-corrected chi connectivity index (χ3v) is 8.86. The van der Waals surface area contributed by atoms with Crippen LogP contribution in [0, 0.1) is 11.3 Å². The van der Waals surface area contributed by atoms with Gasteiger partial charge in [-0.15, -0.1) is 0 Å². The van der Waals surface area contributed by atoms with E-state index in [0.29, 0.717) is 30.1 Å². The summed E-state index contributed by atoms with van der Waals surface area (Å²) in [5.74, 6) is -0.116. The normalized spacial score (nSPS) is 22.9. The molecule has 3 aliphatic heterocycles. The van der Waals surface area contributed by atoms with Gasteiger partial charge in [0.2, 0.25) is 18.4 Å². The van der Waals surface area contributed by atoms with E-state index in [1.807, 2.05) is 63.2 Å². The Morgan fingerprint density at radius 2 is 1.76 bits per heavy atom. The monoisotopic (exact) mass is 622 g/mol. The molecule has 2 aromatic rings. The molecule has 10 heteroatoms. The van der Waals surface area contributed by atoms with Crippen LogP contribution < -0.4 is 14.2 Å². The number of rotatable bonds is 9. The summed E-state index contributed by atoms with van der Waals surface area (Å²) in [4.78, 5) is 45.0. The zero-order chi connectivity index (χ0) is 32.5. The maximum Gasteiger partial charge on any atom is 0.416 e. The van der Waals surface area contributed by atoms with Gasteiger partial charge in [0.15, 0.2) is 11.5 Å². The van der Waals surface area contributed by atoms with Crippen molar-refractivity contribution < 1.29 is 38.1 Å². The quantitative estimate of drug-likeness (QED) is 0.310. The Labute approximate surface area is 265 Å². The molecule has 3 aliphatic rings. The van der Waals surface area contributed by atoms with E-state index in [9.17, 15) is 14.4 Å². The first-order chi connectivity index (χ1) is 21.3. The molecular formula is C35H46N2O8. The van der Waals surface area contributed by atoms with Crippen molar-refractivity contribution in [1.29, 1.82) is 0 Å². The van der Waals surface area contributed by atoms with Gasteiger partial charge in [0.05, 0.1) is 19.1 Å². The van der Waals surface area contributed by atoms with Crippen molar-refractivity contribution in [3.05, 3.63) is 53.6 Å². The minimum absolute atomic E-state index is 0.0564. The van der Waals surface area contributed by atoms with Crippen LogP contribution >= 0.6 is 0 Å². The number of carbonyl (C=O) groups is 3. The minimum atomic E-state index is -0.761. The summed E-state index contributed by atoms with van der Waals surface area (Å²) in [6, 6.07) is 12.4. The van der Waals surface area contributed by atoms with Crippen LogP contribution in [0.15, 0.2) is 42.5 Å². The zero-order valence-electron chi connectivity index (χ0n) is 27.5. The number of hydrogen-bond acceptors (Lipinski definition) is 8. The second kappa shape index (κ2) is 12.8. The van der Waals surface area contributed by atoms with Crippen LogP contribution in [0.4, 0.5) is 9.59 Å². The molecular weight excluding hydrogens is 576 g/mol. The molecule has 3 amide bonds. The van der Waals surface area contributed by atoms with Crippen molar-refractivity contribution in [3.8, 4) is 17.2 Å². The molecule has 0 bridgehead atoms. The van der Waals surface area contributed by atoms with Crippen molar-refractivity contribution >= 4 is 18.1 Å². The summed E-state index contributed by atoms with van der Waals surface area (Å²) in [5, 5.41) is 0. The molecule has 45 heavy (non-hydrogen) atoms. The molecule has 5 rings (SSSR count). The average molecular weight is 623 g/mol. The molecule has 0 aromatic heterocycles. The lowest BCUT2D eigenvalue weighted by Crippen LogP contribution is -2.50. The van der Waals surface area contributed by atoms with Gasteiger partial charge in [-0.05, 0) is 68.7 Å². The van der Waals surface area contributed by atoms with Gasteiger partial charge in [0.25, 0.3) is 0 Å². The molecule has 0 N–H and O–H groups in total. The standard InChI is InChI=1S/C35H46N2O8/c1-8-14-35(5,6)18-26-29(31(38)37-24(20-42-33(37)40)15-22-12-10-9-11-13-22)25(19-36(26)32(39)45-34(2,3)4)23-16-27(41-7)30-28(17-23)43-21-44-30/h9-13,16-17,24-26,29H,8,14-15,18-21H2,1-7H3/t24-,25+,26-,29+/m0/s1. The Kier molecular flexibility index (Phi) is 9.23. The Hall–Kier alpha value is -3.95. The smallest absolute Gasteiger partial charge is 0.416 e. The van der Waals surface area contributed by atoms with Crippen LogP contribution in [-0.4, -0.2) is 72.6 Å². The fourth-order valence-corrected chi connectivity index (χ4v) is 6.98. The van der Waals surface area contributed by atoms with E-state index in [2.05, 4.69) is 20.8 Å². The van der Waals surface area contributed by atoms with Crippen molar-refractivity contribution in [2.45, 2.75) is 90.8 Å². The molecule has 0 unspecified atom stereocenters. The SMILES string of the molecule is CCCC(C)(C)C[C@H]1[C@H](C(=O)N2C(=O)OC[C@@H]2Cc2ccccc2)[C@@H](c2cc(OC)c3c(c2)OCO3)CN1C(=O)OC(C)(C)C. The van der Waals surface area contributed by atoms with Gasteiger partial charge in [-0.25, -0.2) is 14.5 Å². The molecule has 4 atom stereocenters. The first kappa shape index (κ1) is 32.4. The molecule has 0 spiro atoms. The van der Waals surface area contributed by atoms with Gasteiger partial charge in [0, 0.05) is 18.5 Å². The predicted octanol–water partition coefficient (Wildman–Crippen LogP) is 6.55. The third kappa shape index (κ3) is 6.99. The van der Waals surface area contributed by atoms with Crippen LogP contribution in [0.2, 0.25) is 0 Å². The number of cyclic esters (lactones) is 1. The topological polar surface area (TPSA) is 104 Å². The van der Waals surface area contributed by atoms with Gasteiger partial charge in [-0.3, -0.25) is 4.79 Å². The van der Waals surface area contributed by atoms with Crippen LogP contribution in [0.3, 0.4) is 0 Å². The van der Waals surface area contributed by atoms with Crippen molar-refractivity contribution in [1.82, 2.24) is 9.80 Å². The number of ether oxygens (including phenoxy) is 5. The predicted molar refractivity (Wildman–Crippen MR) is 168 cm³/mol. The highest BCUT2D eigenvalue weighted by Crippen LogP contribution is 2.49. The number of benzene rings is 2. The molecule has 244 valence electrons. The molecule has 0 saturated carbocycles. The fourth-order valence-electron chi connectivity index (χ4n) is 6.98. The van der Waals surface area contributed by atoms with Crippen LogP contribution in [0.25, 0.3) is 0 Å². The average Bonchev–Trinajstić information content (AvgIpc) is 3.68. The minimum Gasteiger partial charge on any atom is -0.493 e. The highest BCUT2D eigenvalue weighted by molar-refractivity contribution is 5.96. The number of hydrogen-bond donors (Lipinski definition) is 0. The van der Waals surface area contributed by atoms with Gasteiger partial charge in [-0.1, -0.05) is 57.5 Å². The van der Waals surface area contributed by atoms with E-state index < -0.39 is 41.7 Å². The summed E-state index contributed by atoms with van der Waals surface area (Å²) in [7, 11) is 1.55. The summed E-state index contributed by atoms with van der Waals surface area (Å²) < 4.78 is 28.4. The summed E-state index contributed by atoms with van der Waals surface area (Å²) in [5.41, 5.74) is 0.818. The number of carbonyl (C=O) groups excluding carboxylic acids is 3. The summed E-state index contributed by atoms with van der Waals surface area (Å²) in [6.07, 6.45) is 1.71. The van der Waals surface area contributed by atoms with E-state index in [0.717, 1.165) is 24.0 Å². The van der Waals surface area contributed by atoms with E-state index >= 15 is 0 Å². The van der Waals surface area contributed by atoms with Crippen LogP contribution in [0.5, 0.6) is 17.2 Å².